The van der Waals surface area contributed by atoms with E-state index in [4.69, 9.17) is 4.74 Å². The Kier molecular flexibility index (Phi) is 5.83. The minimum atomic E-state index is -0.640. The van der Waals surface area contributed by atoms with Crippen molar-refractivity contribution in [2.45, 2.75) is 51.9 Å². The average molecular weight is 459 g/mol. The van der Waals surface area contributed by atoms with E-state index in [1.807, 2.05) is 71.0 Å². The quantitative estimate of drug-likeness (QED) is 0.611. The summed E-state index contributed by atoms with van der Waals surface area (Å²) in [6.07, 6.45) is -0.640. The highest BCUT2D eigenvalue weighted by molar-refractivity contribution is 9.10. The maximum absolute atomic E-state index is 10.7. The fourth-order valence-corrected chi connectivity index (χ4v) is 3.78. The SMILES string of the molecule is COc1cc(Br)c(C)c(C#Cc2ccc(C3N(O)C(C)(C)C(C)(C)N3O)cc2)c1. The van der Waals surface area contributed by atoms with Crippen LogP contribution in [0.2, 0.25) is 0 Å². The number of benzene rings is 2. The third kappa shape index (κ3) is 3.70. The lowest BCUT2D eigenvalue weighted by molar-refractivity contribution is -0.223. The molecule has 0 unspecified atom stereocenters. The minimum absolute atomic E-state index is 0.623. The molecule has 2 aromatic rings. The fraction of sp³-hybridized carbons (Fsp3) is 0.391. The van der Waals surface area contributed by atoms with Crippen molar-refractivity contribution in [3.63, 3.8) is 0 Å². The van der Waals surface area contributed by atoms with E-state index in [-0.39, 0.29) is 0 Å². The van der Waals surface area contributed by atoms with Crippen LogP contribution in [0.5, 0.6) is 5.75 Å². The molecular formula is C23H27BrN2O3. The van der Waals surface area contributed by atoms with Gasteiger partial charge in [-0.25, -0.2) is 0 Å². The summed E-state index contributed by atoms with van der Waals surface area (Å²) in [5, 5.41) is 23.8. The summed E-state index contributed by atoms with van der Waals surface area (Å²) in [5.41, 5.74) is 2.33. The molecule has 0 bridgehead atoms. The zero-order valence-electron chi connectivity index (χ0n) is 17.6. The molecule has 1 aliphatic rings. The van der Waals surface area contributed by atoms with Gasteiger partial charge in [0.1, 0.15) is 11.9 Å². The predicted octanol–water partition coefficient (Wildman–Crippen LogP) is 5.12. The summed E-state index contributed by atoms with van der Waals surface area (Å²) in [4.78, 5) is 0. The van der Waals surface area contributed by atoms with Crippen molar-refractivity contribution in [3.8, 4) is 17.6 Å². The van der Waals surface area contributed by atoms with E-state index in [2.05, 4.69) is 27.8 Å². The van der Waals surface area contributed by atoms with Gasteiger partial charge < -0.3 is 15.2 Å². The van der Waals surface area contributed by atoms with Crippen LogP contribution < -0.4 is 4.74 Å². The molecule has 2 N–H and O–H groups in total. The first-order valence-electron chi connectivity index (χ1n) is 9.43. The average Bonchev–Trinajstić information content (AvgIpc) is 2.80. The van der Waals surface area contributed by atoms with E-state index in [9.17, 15) is 10.4 Å². The van der Waals surface area contributed by atoms with Crippen molar-refractivity contribution >= 4 is 15.9 Å². The lowest BCUT2D eigenvalue weighted by Crippen LogP contribution is -2.52. The molecule has 0 aliphatic carbocycles. The molecule has 29 heavy (non-hydrogen) atoms. The largest absolute Gasteiger partial charge is 0.497 e. The van der Waals surface area contributed by atoms with Crippen molar-refractivity contribution in [1.82, 2.24) is 10.1 Å². The van der Waals surface area contributed by atoms with Gasteiger partial charge in [0, 0.05) is 15.6 Å². The summed E-state index contributed by atoms with van der Waals surface area (Å²) >= 11 is 3.54. The molecule has 1 fully saturated rings. The Bertz CT molecular complexity index is 954. The van der Waals surface area contributed by atoms with Crippen molar-refractivity contribution in [1.29, 1.82) is 0 Å². The maximum Gasteiger partial charge on any atom is 0.136 e. The van der Waals surface area contributed by atoms with Crippen LogP contribution in [-0.4, -0.2) is 38.7 Å². The van der Waals surface area contributed by atoms with E-state index in [1.54, 1.807) is 7.11 Å². The second kappa shape index (κ2) is 7.75. The number of hydrogen-bond donors (Lipinski definition) is 2. The molecule has 3 rings (SSSR count). The topological polar surface area (TPSA) is 56.2 Å². The van der Waals surface area contributed by atoms with Crippen LogP contribution in [0.4, 0.5) is 0 Å². The molecule has 0 radical (unpaired) electrons. The van der Waals surface area contributed by atoms with Crippen molar-refractivity contribution in [3.05, 3.63) is 63.1 Å². The van der Waals surface area contributed by atoms with E-state index in [1.165, 1.54) is 10.1 Å². The first-order chi connectivity index (χ1) is 13.5. The molecule has 6 heteroatoms. The molecule has 0 amide bonds. The van der Waals surface area contributed by atoms with Gasteiger partial charge in [-0.1, -0.05) is 39.9 Å². The third-order valence-electron chi connectivity index (χ3n) is 6.21. The van der Waals surface area contributed by atoms with Crippen LogP contribution >= 0.6 is 15.9 Å². The lowest BCUT2D eigenvalue weighted by Gasteiger charge is -2.37. The molecular weight excluding hydrogens is 432 g/mol. The van der Waals surface area contributed by atoms with Gasteiger partial charge in [-0.15, -0.1) is 0 Å². The number of hydroxylamine groups is 4. The van der Waals surface area contributed by atoms with E-state index < -0.39 is 17.2 Å². The van der Waals surface area contributed by atoms with Crippen molar-refractivity contribution < 1.29 is 15.2 Å². The predicted molar refractivity (Wildman–Crippen MR) is 116 cm³/mol. The molecule has 1 heterocycles. The first kappa shape index (κ1) is 21.8. The van der Waals surface area contributed by atoms with Gasteiger partial charge in [-0.05, 0) is 70.0 Å². The van der Waals surface area contributed by atoms with Gasteiger partial charge in [0.25, 0.3) is 0 Å². The highest BCUT2D eigenvalue weighted by atomic mass is 79.9. The Hall–Kier alpha value is -1.88. The molecule has 154 valence electrons. The number of hydrogen-bond acceptors (Lipinski definition) is 5. The van der Waals surface area contributed by atoms with E-state index in [0.29, 0.717) is 0 Å². The highest BCUT2D eigenvalue weighted by Crippen LogP contribution is 2.47. The molecule has 0 atom stereocenters. The highest BCUT2D eigenvalue weighted by Gasteiger charge is 2.58. The van der Waals surface area contributed by atoms with Crippen LogP contribution in [0.3, 0.4) is 0 Å². The van der Waals surface area contributed by atoms with Crippen LogP contribution in [-0.2, 0) is 0 Å². The number of halogens is 1. The Morgan fingerprint density at radius 3 is 2.03 bits per heavy atom. The molecule has 2 aromatic carbocycles. The third-order valence-corrected chi connectivity index (χ3v) is 7.03. The van der Waals surface area contributed by atoms with Crippen molar-refractivity contribution in [2.75, 3.05) is 7.11 Å². The number of nitrogens with zero attached hydrogens (tertiary/aromatic N) is 2. The standard InChI is InChI=1S/C23H27BrN2O3/c1-15-18(13-19(29-6)14-20(15)24)12-9-16-7-10-17(11-8-16)21-25(27)22(2,3)23(4,5)26(21)28/h7-8,10-11,13-14,21,27-28H,1-6H3. The number of rotatable bonds is 2. The summed E-state index contributed by atoms with van der Waals surface area (Å²) < 4.78 is 6.27. The fourth-order valence-electron chi connectivity index (χ4n) is 3.34. The Labute approximate surface area is 180 Å². The Morgan fingerprint density at radius 2 is 1.52 bits per heavy atom. The van der Waals surface area contributed by atoms with Gasteiger partial charge in [-0.3, -0.25) is 0 Å². The molecule has 5 nitrogen and oxygen atoms in total. The van der Waals surface area contributed by atoms with Gasteiger partial charge in [0.15, 0.2) is 0 Å². The lowest BCUT2D eigenvalue weighted by atomic mass is 9.84. The van der Waals surface area contributed by atoms with Gasteiger partial charge in [0.2, 0.25) is 0 Å². The Morgan fingerprint density at radius 1 is 0.966 bits per heavy atom. The summed E-state index contributed by atoms with van der Waals surface area (Å²) in [5.74, 6) is 7.12. The monoisotopic (exact) mass is 458 g/mol. The van der Waals surface area contributed by atoms with Crippen LogP contribution in [0.15, 0.2) is 40.9 Å². The van der Waals surface area contributed by atoms with Crippen LogP contribution in [0, 0.1) is 18.8 Å². The zero-order chi connectivity index (χ0) is 21.6. The zero-order valence-corrected chi connectivity index (χ0v) is 19.2. The van der Waals surface area contributed by atoms with Gasteiger partial charge in [-0.2, -0.15) is 10.1 Å². The molecule has 1 saturated heterocycles. The number of methoxy groups -OCH3 is 1. The van der Waals surface area contributed by atoms with Crippen LogP contribution in [0.1, 0.15) is 56.1 Å². The second-order valence-corrected chi connectivity index (χ2v) is 9.19. The van der Waals surface area contributed by atoms with E-state index in [0.717, 1.165) is 32.5 Å². The van der Waals surface area contributed by atoms with Gasteiger partial charge >= 0.3 is 0 Å². The molecule has 0 spiro atoms. The Balaban J connectivity index is 1.88. The van der Waals surface area contributed by atoms with E-state index >= 15 is 0 Å². The molecule has 1 aliphatic heterocycles. The summed E-state index contributed by atoms with van der Waals surface area (Å²) in [7, 11) is 1.63. The summed E-state index contributed by atoms with van der Waals surface area (Å²) in [6, 6.07) is 11.4. The number of ether oxygens (including phenoxy) is 1. The smallest absolute Gasteiger partial charge is 0.136 e. The molecule has 0 saturated carbocycles. The first-order valence-corrected chi connectivity index (χ1v) is 10.2. The minimum Gasteiger partial charge on any atom is -0.497 e. The van der Waals surface area contributed by atoms with Crippen molar-refractivity contribution in [2.24, 2.45) is 0 Å². The van der Waals surface area contributed by atoms with Gasteiger partial charge in [0.05, 0.1) is 18.2 Å². The normalized spacial score (nSPS) is 19.1. The molecule has 0 aromatic heterocycles. The summed E-state index contributed by atoms with van der Waals surface area (Å²) in [6.45, 7) is 9.64. The maximum atomic E-state index is 10.7. The van der Waals surface area contributed by atoms with Crippen LogP contribution in [0.25, 0.3) is 0 Å². The second-order valence-electron chi connectivity index (χ2n) is 8.33.